The van der Waals surface area contributed by atoms with Crippen LogP contribution in [0.5, 0.6) is 0 Å². The van der Waals surface area contributed by atoms with Crippen molar-refractivity contribution in [3.63, 3.8) is 0 Å². The van der Waals surface area contributed by atoms with Gasteiger partial charge < -0.3 is 22.1 Å². The summed E-state index contributed by atoms with van der Waals surface area (Å²) in [6.45, 7) is 0.495. The van der Waals surface area contributed by atoms with Gasteiger partial charge in [0.1, 0.15) is 6.04 Å². The van der Waals surface area contributed by atoms with E-state index in [1.807, 2.05) is 42.5 Å². The lowest BCUT2D eigenvalue weighted by Crippen LogP contribution is -2.50. The Kier molecular flexibility index (Phi) is 8.85. The standard InChI is InChI=1S/C25H36N4O2/c26-16-6-11-22(27)24(30)29-23(15-12-18-7-2-1-3-8-18)25(31)28-21-14-13-19-9-4-5-10-20(19)17-21/h4-5,9-10,13-14,17-18,22-23H,1-3,6-8,11-12,15-16,26-27H2,(H,28,31)(H,29,30)/t22-,23+/m1/s1. The van der Waals surface area contributed by atoms with E-state index in [1.165, 1.54) is 32.1 Å². The van der Waals surface area contributed by atoms with Crippen molar-refractivity contribution < 1.29 is 9.59 Å². The average molecular weight is 425 g/mol. The molecule has 3 rings (SSSR count). The van der Waals surface area contributed by atoms with Crippen molar-refractivity contribution in [2.45, 2.75) is 69.9 Å². The van der Waals surface area contributed by atoms with Gasteiger partial charge in [-0.1, -0.05) is 62.4 Å². The van der Waals surface area contributed by atoms with E-state index in [4.69, 9.17) is 11.5 Å². The quantitative estimate of drug-likeness (QED) is 0.466. The van der Waals surface area contributed by atoms with Crippen molar-refractivity contribution in [3.05, 3.63) is 42.5 Å². The van der Waals surface area contributed by atoms with E-state index in [9.17, 15) is 9.59 Å². The summed E-state index contributed by atoms with van der Waals surface area (Å²) in [5.74, 6) is 0.161. The van der Waals surface area contributed by atoms with Crippen molar-refractivity contribution in [2.75, 3.05) is 11.9 Å². The van der Waals surface area contributed by atoms with E-state index in [2.05, 4.69) is 10.6 Å². The van der Waals surface area contributed by atoms with Gasteiger partial charge in [-0.3, -0.25) is 9.59 Å². The normalized spacial score (nSPS) is 16.6. The second-order valence-electron chi connectivity index (χ2n) is 8.73. The van der Waals surface area contributed by atoms with Crippen molar-refractivity contribution in [1.82, 2.24) is 5.32 Å². The van der Waals surface area contributed by atoms with Crippen LogP contribution in [-0.2, 0) is 9.59 Å². The molecule has 0 radical (unpaired) electrons. The van der Waals surface area contributed by atoms with Gasteiger partial charge in [0.25, 0.3) is 0 Å². The highest BCUT2D eigenvalue weighted by atomic mass is 16.2. The Bertz CT molecular complexity index is 863. The Balaban J connectivity index is 1.66. The third kappa shape index (κ3) is 7.04. The molecule has 2 amide bonds. The van der Waals surface area contributed by atoms with Crippen molar-refractivity contribution in [1.29, 1.82) is 0 Å². The van der Waals surface area contributed by atoms with Gasteiger partial charge in [0.15, 0.2) is 0 Å². The van der Waals surface area contributed by atoms with Gasteiger partial charge in [-0.15, -0.1) is 0 Å². The molecule has 168 valence electrons. The van der Waals surface area contributed by atoms with E-state index in [1.54, 1.807) is 0 Å². The number of anilines is 1. The van der Waals surface area contributed by atoms with Crippen LogP contribution in [0.25, 0.3) is 10.8 Å². The predicted octanol–water partition coefficient (Wildman–Crippen LogP) is 3.69. The molecule has 0 saturated heterocycles. The first-order valence-corrected chi connectivity index (χ1v) is 11.6. The highest BCUT2D eigenvalue weighted by molar-refractivity contribution is 5.99. The molecule has 1 aliphatic rings. The summed E-state index contributed by atoms with van der Waals surface area (Å²) in [5, 5.41) is 8.08. The Hall–Kier alpha value is -2.44. The first-order chi connectivity index (χ1) is 15.1. The minimum Gasteiger partial charge on any atom is -0.343 e. The minimum absolute atomic E-state index is 0.189. The predicted molar refractivity (Wildman–Crippen MR) is 127 cm³/mol. The van der Waals surface area contributed by atoms with Gasteiger partial charge in [-0.25, -0.2) is 0 Å². The summed E-state index contributed by atoms with van der Waals surface area (Å²) in [6, 6.07) is 12.6. The third-order valence-corrected chi connectivity index (χ3v) is 6.29. The zero-order chi connectivity index (χ0) is 22.1. The molecule has 0 spiro atoms. The second kappa shape index (κ2) is 11.8. The van der Waals surface area contributed by atoms with Crippen LogP contribution in [-0.4, -0.2) is 30.4 Å². The molecular weight excluding hydrogens is 388 g/mol. The van der Waals surface area contributed by atoms with Gasteiger partial charge in [-0.2, -0.15) is 0 Å². The molecule has 6 nitrogen and oxygen atoms in total. The Morgan fingerprint density at radius 2 is 1.71 bits per heavy atom. The molecule has 1 aliphatic carbocycles. The summed E-state index contributed by atoms with van der Waals surface area (Å²) in [6.07, 6.45) is 9.01. The highest BCUT2D eigenvalue weighted by Gasteiger charge is 2.25. The third-order valence-electron chi connectivity index (χ3n) is 6.29. The highest BCUT2D eigenvalue weighted by Crippen LogP contribution is 2.28. The fourth-order valence-electron chi connectivity index (χ4n) is 4.39. The molecule has 1 fully saturated rings. The van der Waals surface area contributed by atoms with Crippen molar-refractivity contribution in [2.24, 2.45) is 17.4 Å². The van der Waals surface area contributed by atoms with E-state index in [0.29, 0.717) is 31.7 Å². The molecule has 31 heavy (non-hydrogen) atoms. The second-order valence-corrected chi connectivity index (χ2v) is 8.73. The number of hydrogen-bond donors (Lipinski definition) is 4. The van der Waals surface area contributed by atoms with Gasteiger partial charge in [-0.05, 0) is 61.1 Å². The molecule has 0 aliphatic heterocycles. The molecule has 6 N–H and O–H groups in total. The van der Waals surface area contributed by atoms with Crippen LogP contribution in [0.4, 0.5) is 5.69 Å². The largest absolute Gasteiger partial charge is 0.343 e. The van der Waals surface area contributed by atoms with Crippen LogP contribution >= 0.6 is 0 Å². The number of nitrogens with one attached hydrogen (secondary N) is 2. The monoisotopic (exact) mass is 424 g/mol. The number of rotatable bonds is 10. The fourth-order valence-corrected chi connectivity index (χ4v) is 4.39. The summed E-state index contributed by atoms with van der Waals surface area (Å²) in [5.41, 5.74) is 12.3. The smallest absolute Gasteiger partial charge is 0.246 e. The average Bonchev–Trinajstić information content (AvgIpc) is 2.80. The maximum atomic E-state index is 13.1. The lowest BCUT2D eigenvalue weighted by Gasteiger charge is -2.25. The number of nitrogens with two attached hydrogens (primary N) is 2. The SMILES string of the molecule is NCCC[C@@H](N)C(=O)N[C@@H](CCC1CCCCC1)C(=O)Nc1ccc2ccccc2c1. The van der Waals surface area contributed by atoms with Crippen LogP contribution < -0.4 is 22.1 Å². The number of benzene rings is 2. The van der Waals surface area contributed by atoms with E-state index < -0.39 is 12.1 Å². The lowest BCUT2D eigenvalue weighted by atomic mass is 9.85. The van der Waals surface area contributed by atoms with E-state index in [-0.39, 0.29) is 11.8 Å². The van der Waals surface area contributed by atoms with Gasteiger partial charge in [0.2, 0.25) is 11.8 Å². The zero-order valence-electron chi connectivity index (χ0n) is 18.3. The van der Waals surface area contributed by atoms with Crippen molar-refractivity contribution in [3.8, 4) is 0 Å². The van der Waals surface area contributed by atoms with Crippen molar-refractivity contribution >= 4 is 28.3 Å². The molecular formula is C25H36N4O2. The minimum atomic E-state index is -0.644. The molecule has 0 bridgehead atoms. The Labute approximate surface area is 185 Å². The summed E-state index contributed by atoms with van der Waals surface area (Å²) in [4.78, 5) is 25.7. The van der Waals surface area contributed by atoms with E-state index >= 15 is 0 Å². The van der Waals surface area contributed by atoms with Gasteiger partial charge >= 0.3 is 0 Å². The molecule has 0 unspecified atom stereocenters. The molecule has 1 saturated carbocycles. The first-order valence-electron chi connectivity index (χ1n) is 11.6. The maximum Gasteiger partial charge on any atom is 0.246 e. The number of amides is 2. The van der Waals surface area contributed by atoms with Gasteiger partial charge in [0.05, 0.1) is 6.04 Å². The molecule has 2 aromatic carbocycles. The first kappa shape index (κ1) is 23.2. The molecule has 2 atom stereocenters. The molecule has 2 aromatic rings. The maximum absolute atomic E-state index is 13.1. The summed E-state index contributed by atoms with van der Waals surface area (Å²) < 4.78 is 0. The molecule has 0 aromatic heterocycles. The Morgan fingerprint density at radius 1 is 0.968 bits per heavy atom. The number of hydrogen-bond acceptors (Lipinski definition) is 4. The number of fused-ring (bicyclic) bond motifs is 1. The van der Waals surface area contributed by atoms with Crippen LogP contribution in [0.15, 0.2) is 42.5 Å². The van der Waals surface area contributed by atoms with Crippen LogP contribution in [0.1, 0.15) is 57.8 Å². The molecule has 0 heterocycles. The lowest BCUT2D eigenvalue weighted by molar-refractivity contribution is -0.127. The Morgan fingerprint density at radius 3 is 2.45 bits per heavy atom. The molecule has 6 heteroatoms. The van der Waals surface area contributed by atoms with E-state index in [0.717, 1.165) is 22.9 Å². The van der Waals surface area contributed by atoms with Crippen LogP contribution in [0.2, 0.25) is 0 Å². The van der Waals surface area contributed by atoms with Gasteiger partial charge in [0, 0.05) is 5.69 Å². The fraction of sp³-hybridized carbons (Fsp3) is 0.520. The van der Waals surface area contributed by atoms with Crippen LogP contribution in [0, 0.1) is 5.92 Å². The summed E-state index contributed by atoms with van der Waals surface area (Å²) >= 11 is 0. The number of carbonyl (C=O) groups excluding carboxylic acids is 2. The van der Waals surface area contributed by atoms with Crippen LogP contribution in [0.3, 0.4) is 0 Å². The summed E-state index contributed by atoms with van der Waals surface area (Å²) in [7, 11) is 0. The topological polar surface area (TPSA) is 110 Å². The zero-order valence-corrected chi connectivity index (χ0v) is 18.3. The number of carbonyl (C=O) groups is 2.